The van der Waals surface area contributed by atoms with Crippen LogP contribution in [0.4, 0.5) is 8.78 Å². The number of carbonyl (C=O) groups excluding carboxylic acids is 1. The number of aromatic nitrogens is 6. The summed E-state index contributed by atoms with van der Waals surface area (Å²) < 4.78 is 40.7. The van der Waals surface area contributed by atoms with E-state index in [0.717, 1.165) is 5.69 Å². The number of carbonyl (C=O) groups is 1. The van der Waals surface area contributed by atoms with E-state index in [4.69, 9.17) is 8.83 Å². The van der Waals surface area contributed by atoms with Crippen LogP contribution in [0.3, 0.4) is 0 Å². The zero-order chi connectivity index (χ0) is 23.4. The SMILES string of the molecule is Cn1ccc(-c2nc(C(F)F)c(C(=O)N3CCc4[nH]cnc4[C@H]3c3nc4ccccc4o3)o2)n1. The van der Waals surface area contributed by atoms with Crippen molar-refractivity contribution in [2.24, 2.45) is 7.05 Å². The minimum Gasteiger partial charge on any atom is -0.438 e. The Hall–Kier alpha value is -4.35. The van der Waals surface area contributed by atoms with E-state index < -0.39 is 29.8 Å². The Morgan fingerprint density at radius 2 is 2.06 bits per heavy atom. The maximum Gasteiger partial charge on any atom is 0.292 e. The zero-order valence-electron chi connectivity index (χ0n) is 17.8. The van der Waals surface area contributed by atoms with Gasteiger partial charge in [-0.25, -0.2) is 23.7 Å². The molecular weight excluding hydrogens is 448 g/mol. The second-order valence-electron chi connectivity index (χ2n) is 7.85. The molecule has 0 saturated heterocycles. The summed E-state index contributed by atoms with van der Waals surface area (Å²) in [4.78, 5) is 30.8. The predicted octanol–water partition coefficient (Wildman–Crippen LogP) is 3.66. The van der Waals surface area contributed by atoms with Gasteiger partial charge in [-0.15, -0.1) is 0 Å². The van der Waals surface area contributed by atoms with Gasteiger partial charge in [0.2, 0.25) is 17.5 Å². The molecule has 0 radical (unpaired) electrons. The second-order valence-corrected chi connectivity index (χ2v) is 7.85. The number of halogens is 2. The Bertz CT molecular complexity index is 1480. The lowest BCUT2D eigenvalue weighted by molar-refractivity contribution is 0.0621. The molecule has 0 bridgehead atoms. The smallest absolute Gasteiger partial charge is 0.292 e. The number of nitrogens with one attached hydrogen (secondary N) is 1. The zero-order valence-corrected chi connectivity index (χ0v) is 17.8. The minimum absolute atomic E-state index is 0.157. The van der Waals surface area contributed by atoms with Gasteiger partial charge in [-0.05, 0) is 18.2 Å². The quantitative estimate of drug-likeness (QED) is 0.430. The van der Waals surface area contributed by atoms with Crippen molar-refractivity contribution in [2.75, 3.05) is 6.54 Å². The number of fused-ring (bicyclic) bond motifs is 2. The number of rotatable bonds is 4. The molecule has 34 heavy (non-hydrogen) atoms. The third-order valence-electron chi connectivity index (χ3n) is 5.72. The molecule has 4 aromatic heterocycles. The van der Waals surface area contributed by atoms with Crippen molar-refractivity contribution in [2.45, 2.75) is 18.9 Å². The largest absolute Gasteiger partial charge is 0.438 e. The number of H-pyrrole nitrogens is 1. The van der Waals surface area contributed by atoms with E-state index in [1.165, 1.54) is 15.9 Å². The van der Waals surface area contributed by atoms with Crippen LogP contribution >= 0.6 is 0 Å². The standard InChI is InChI=1S/C22H17F2N7O3/c1-30-8-6-13(29-30)20-28-16(19(23)24)18(34-20)22(32)31-9-7-12-15(26-10-25-12)17(31)21-27-11-4-2-3-5-14(11)33-21/h2-6,8,10,17,19H,7,9H2,1H3,(H,25,26)/t17-/m0/s1. The van der Waals surface area contributed by atoms with Gasteiger partial charge in [0.1, 0.15) is 11.2 Å². The number of benzene rings is 1. The topological polar surface area (TPSA) is 119 Å². The number of aryl methyl sites for hydroxylation is 1. The van der Waals surface area contributed by atoms with E-state index in [1.807, 2.05) is 12.1 Å². The van der Waals surface area contributed by atoms with E-state index in [2.05, 4.69) is 25.0 Å². The lowest BCUT2D eigenvalue weighted by Crippen LogP contribution is -2.41. The molecule has 5 aromatic rings. The number of alkyl halides is 2. The third-order valence-corrected chi connectivity index (χ3v) is 5.72. The van der Waals surface area contributed by atoms with Crippen molar-refractivity contribution >= 4 is 17.0 Å². The molecule has 0 fully saturated rings. The van der Waals surface area contributed by atoms with Crippen LogP contribution in [0.2, 0.25) is 0 Å². The van der Waals surface area contributed by atoms with Crippen molar-refractivity contribution < 1.29 is 22.4 Å². The molecule has 1 amide bonds. The summed E-state index contributed by atoms with van der Waals surface area (Å²) in [7, 11) is 1.67. The van der Waals surface area contributed by atoms with Gasteiger partial charge in [-0.3, -0.25) is 9.48 Å². The second kappa shape index (κ2) is 7.61. The Balaban J connectivity index is 1.45. The number of imidazole rings is 1. The molecule has 0 spiro atoms. The fourth-order valence-corrected chi connectivity index (χ4v) is 4.15. The number of amides is 1. The van der Waals surface area contributed by atoms with Crippen molar-refractivity contribution in [1.82, 2.24) is 34.6 Å². The number of aromatic amines is 1. The highest BCUT2D eigenvalue weighted by Crippen LogP contribution is 2.37. The number of oxazole rings is 2. The molecule has 1 aliphatic heterocycles. The van der Waals surface area contributed by atoms with Crippen LogP contribution in [0.5, 0.6) is 0 Å². The molecule has 1 aliphatic rings. The Labute approximate surface area is 190 Å². The third kappa shape index (κ3) is 3.17. The molecule has 0 saturated carbocycles. The van der Waals surface area contributed by atoms with Gasteiger partial charge in [-0.1, -0.05) is 12.1 Å². The molecule has 6 rings (SSSR count). The number of hydrogen-bond donors (Lipinski definition) is 1. The first-order chi connectivity index (χ1) is 16.5. The predicted molar refractivity (Wildman–Crippen MR) is 113 cm³/mol. The molecule has 12 heteroatoms. The van der Waals surface area contributed by atoms with Crippen molar-refractivity contribution in [1.29, 1.82) is 0 Å². The first-order valence-corrected chi connectivity index (χ1v) is 10.5. The summed E-state index contributed by atoms with van der Waals surface area (Å²) in [6.45, 7) is 0.208. The molecule has 0 unspecified atom stereocenters. The Morgan fingerprint density at radius 1 is 1.21 bits per heavy atom. The minimum atomic E-state index is -3.02. The van der Waals surface area contributed by atoms with E-state index in [1.54, 1.807) is 31.4 Å². The van der Waals surface area contributed by atoms with Gasteiger partial charge < -0.3 is 18.7 Å². The molecular formula is C22H17F2N7O3. The van der Waals surface area contributed by atoms with E-state index in [-0.39, 0.29) is 24.0 Å². The van der Waals surface area contributed by atoms with Crippen LogP contribution in [0, 0.1) is 0 Å². The summed E-state index contributed by atoms with van der Waals surface area (Å²) in [5, 5.41) is 4.13. The summed E-state index contributed by atoms with van der Waals surface area (Å²) >= 11 is 0. The number of nitrogens with zero attached hydrogens (tertiary/aromatic N) is 6. The van der Waals surface area contributed by atoms with Gasteiger partial charge in [-0.2, -0.15) is 5.10 Å². The number of para-hydroxylation sites is 2. The average molecular weight is 465 g/mol. The first-order valence-electron chi connectivity index (χ1n) is 10.5. The Morgan fingerprint density at radius 3 is 2.82 bits per heavy atom. The Kier molecular flexibility index (Phi) is 4.54. The molecule has 1 N–H and O–H groups in total. The maximum atomic E-state index is 13.9. The van der Waals surface area contributed by atoms with Crippen LogP contribution in [0.15, 0.2) is 51.7 Å². The highest BCUT2D eigenvalue weighted by Gasteiger charge is 2.41. The highest BCUT2D eigenvalue weighted by molar-refractivity contribution is 5.93. The highest BCUT2D eigenvalue weighted by atomic mass is 19.3. The summed E-state index contributed by atoms with van der Waals surface area (Å²) in [5.74, 6) is -1.23. The summed E-state index contributed by atoms with van der Waals surface area (Å²) in [6, 6.07) is 7.91. The van der Waals surface area contributed by atoms with E-state index in [9.17, 15) is 13.6 Å². The van der Waals surface area contributed by atoms with Gasteiger partial charge in [0, 0.05) is 31.9 Å². The van der Waals surface area contributed by atoms with Crippen LogP contribution in [-0.4, -0.2) is 47.1 Å². The van der Waals surface area contributed by atoms with Gasteiger partial charge >= 0.3 is 0 Å². The molecule has 1 aromatic carbocycles. The van der Waals surface area contributed by atoms with Crippen LogP contribution < -0.4 is 0 Å². The van der Waals surface area contributed by atoms with Gasteiger partial charge in [0.25, 0.3) is 12.3 Å². The molecule has 10 nitrogen and oxygen atoms in total. The summed E-state index contributed by atoms with van der Waals surface area (Å²) in [6.07, 6.45) is 0.569. The van der Waals surface area contributed by atoms with Crippen LogP contribution in [-0.2, 0) is 13.5 Å². The lowest BCUT2D eigenvalue weighted by atomic mass is 10.0. The molecule has 5 heterocycles. The molecule has 1 atom stereocenters. The average Bonchev–Trinajstić information content (AvgIpc) is 3.62. The van der Waals surface area contributed by atoms with E-state index in [0.29, 0.717) is 23.2 Å². The molecule has 172 valence electrons. The van der Waals surface area contributed by atoms with Gasteiger partial charge in [0.05, 0.1) is 12.0 Å². The summed E-state index contributed by atoms with van der Waals surface area (Å²) in [5.41, 5.74) is 2.00. The fourth-order valence-electron chi connectivity index (χ4n) is 4.15. The van der Waals surface area contributed by atoms with Crippen molar-refractivity contribution in [3.63, 3.8) is 0 Å². The van der Waals surface area contributed by atoms with Crippen molar-refractivity contribution in [3.05, 3.63) is 71.6 Å². The normalized spacial score (nSPS) is 15.9. The van der Waals surface area contributed by atoms with Crippen LogP contribution in [0.1, 0.15) is 46.0 Å². The fraction of sp³-hybridized carbons (Fsp3) is 0.227. The first kappa shape index (κ1) is 20.3. The number of hydrogen-bond acceptors (Lipinski definition) is 7. The molecule has 0 aliphatic carbocycles. The van der Waals surface area contributed by atoms with E-state index >= 15 is 0 Å². The van der Waals surface area contributed by atoms with Gasteiger partial charge in [0.15, 0.2) is 17.3 Å². The monoisotopic (exact) mass is 465 g/mol. The van der Waals surface area contributed by atoms with Crippen LogP contribution in [0.25, 0.3) is 22.7 Å². The maximum absolute atomic E-state index is 13.9. The van der Waals surface area contributed by atoms with Crippen molar-refractivity contribution in [3.8, 4) is 11.6 Å². The lowest BCUT2D eigenvalue weighted by Gasteiger charge is -2.32.